The zero-order valence-electron chi connectivity index (χ0n) is 25.5. The summed E-state index contributed by atoms with van der Waals surface area (Å²) < 4.78 is 0. The number of amidine groups is 1. The van der Waals surface area contributed by atoms with Crippen molar-refractivity contribution >= 4 is 51.2 Å². The molecule has 0 radical (unpaired) electrons. The highest BCUT2D eigenvalue weighted by Gasteiger charge is 2.54. The number of rotatable bonds is 6. The Morgan fingerprint density at radius 2 is 1.86 bits per heavy atom. The lowest BCUT2D eigenvalue weighted by atomic mass is 9.72. The molecule has 6 N–H and O–H groups in total. The van der Waals surface area contributed by atoms with Crippen molar-refractivity contribution in [2.75, 3.05) is 60.5 Å². The summed E-state index contributed by atoms with van der Waals surface area (Å²) in [7, 11) is 0. The van der Waals surface area contributed by atoms with Gasteiger partial charge in [0.05, 0.1) is 17.1 Å². The van der Waals surface area contributed by atoms with Gasteiger partial charge in [-0.1, -0.05) is 19.4 Å². The number of hydrogen-bond donors (Lipinski definition) is 4. The fraction of sp³-hybridized carbons (Fsp3) is 0.562. The zero-order chi connectivity index (χ0) is 30.7. The third-order valence-corrected chi connectivity index (χ3v) is 11.8. The first kappa shape index (κ1) is 29.1. The average Bonchev–Trinajstić information content (AvgIpc) is 3.65. The van der Waals surface area contributed by atoms with Crippen LogP contribution in [0.4, 0.5) is 22.2 Å². The minimum absolute atomic E-state index is 0.0213. The van der Waals surface area contributed by atoms with Crippen LogP contribution in [0.15, 0.2) is 24.8 Å². The number of anilines is 4. The van der Waals surface area contributed by atoms with Crippen molar-refractivity contribution in [3.05, 3.63) is 40.9 Å². The fourth-order valence-corrected chi connectivity index (χ4v) is 9.21. The number of pyridine rings is 1. The number of nitrogens with one attached hydrogen (secondary N) is 2. The molecule has 2 unspecified atom stereocenters. The molecule has 3 aliphatic heterocycles. The molecule has 0 aromatic carbocycles. The number of aryl methyl sites for hydroxylation is 1. The first-order valence-electron chi connectivity index (χ1n) is 16.0. The molecule has 0 spiro atoms. The lowest BCUT2D eigenvalue weighted by Crippen LogP contribution is -2.80. The molecule has 4 fully saturated rings. The van der Waals surface area contributed by atoms with E-state index in [1.807, 2.05) is 17.9 Å². The van der Waals surface area contributed by atoms with Crippen LogP contribution in [0.2, 0.25) is 0 Å². The van der Waals surface area contributed by atoms with Gasteiger partial charge < -0.3 is 31.5 Å². The number of amides is 2. The smallest absolute Gasteiger partial charge is 0.246 e. The van der Waals surface area contributed by atoms with E-state index in [2.05, 4.69) is 32.7 Å². The van der Waals surface area contributed by atoms with Gasteiger partial charge in [0, 0.05) is 73.5 Å². The van der Waals surface area contributed by atoms with E-state index in [0.29, 0.717) is 61.1 Å². The van der Waals surface area contributed by atoms with Crippen LogP contribution in [-0.4, -0.2) is 89.8 Å². The number of fused-ring (bicyclic) bond motifs is 2. The summed E-state index contributed by atoms with van der Waals surface area (Å²) in [4.78, 5) is 41.1. The molecular weight excluding hydrogens is 574 g/mol. The van der Waals surface area contributed by atoms with E-state index in [-0.39, 0.29) is 17.6 Å². The highest BCUT2D eigenvalue weighted by Crippen LogP contribution is 2.47. The Morgan fingerprint density at radius 3 is 2.55 bits per heavy atom. The number of hydrogen-bond acceptors (Lipinski definition) is 10. The largest absolute Gasteiger partial charge is 0.396 e. The average molecular weight is 618 g/mol. The van der Waals surface area contributed by atoms with Crippen molar-refractivity contribution < 1.29 is 9.59 Å². The summed E-state index contributed by atoms with van der Waals surface area (Å²) in [5, 5.41) is 12.5. The lowest BCUT2D eigenvalue weighted by Gasteiger charge is -2.64. The predicted octanol–water partition coefficient (Wildman–Crippen LogP) is 2.69. The van der Waals surface area contributed by atoms with Gasteiger partial charge in [0.1, 0.15) is 16.5 Å². The number of carbonyl (C=O) groups excluding carboxylic acids is 2. The molecule has 44 heavy (non-hydrogen) atoms. The first-order valence-corrected chi connectivity index (χ1v) is 16.8. The molecule has 3 atom stereocenters. The summed E-state index contributed by atoms with van der Waals surface area (Å²) in [5.74, 6) is 0.510. The van der Waals surface area contributed by atoms with Crippen molar-refractivity contribution in [2.45, 2.75) is 75.4 Å². The van der Waals surface area contributed by atoms with Crippen LogP contribution in [0, 0.1) is 5.41 Å². The van der Waals surface area contributed by atoms with Crippen molar-refractivity contribution in [3.8, 4) is 0 Å². The molecule has 11 nitrogen and oxygen atoms in total. The normalized spacial score (nSPS) is 26.8. The molecule has 1 saturated carbocycles. The maximum absolute atomic E-state index is 13.9. The Balaban J connectivity index is 1.13. The molecule has 2 aliphatic carbocycles. The van der Waals surface area contributed by atoms with Crippen LogP contribution in [0.3, 0.4) is 0 Å². The molecule has 2 aromatic rings. The Kier molecular flexibility index (Phi) is 7.31. The van der Waals surface area contributed by atoms with Crippen LogP contribution in [0.5, 0.6) is 0 Å². The standard InChI is InChI=1S/C32H43N9O2S/c1-3-26(42)39-13-11-38(12-14-39)20-15-21(36-25(16-20)41-18-22-23(41)17-40(22)19-7-4-5-8-19)29(34)37-31(43)32(2)10-6-9-24-27(32)28(33)30(35)44-24/h3,15-16,19,22-23H,1,4-14,17-18,33,35H2,2H3,(H2,34,37,43)/t22-,23?,32?/m1/s1. The van der Waals surface area contributed by atoms with E-state index in [1.54, 1.807) is 0 Å². The minimum Gasteiger partial charge on any atom is -0.396 e. The number of thiophene rings is 1. The second-order valence-corrected chi connectivity index (χ2v) is 14.3. The molecule has 2 aromatic heterocycles. The Bertz CT molecular complexity index is 1510. The third kappa shape index (κ3) is 4.73. The summed E-state index contributed by atoms with van der Waals surface area (Å²) in [5.41, 5.74) is 14.3. The second-order valence-electron chi connectivity index (χ2n) is 13.2. The third-order valence-electron chi connectivity index (χ3n) is 10.7. The molecule has 2 amide bonds. The van der Waals surface area contributed by atoms with Gasteiger partial charge in [0.25, 0.3) is 0 Å². The van der Waals surface area contributed by atoms with Crippen LogP contribution in [0.25, 0.3) is 0 Å². The summed E-state index contributed by atoms with van der Waals surface area (Å²) in [6.45, 7) is 10.1. The Hall–Kier alpha value is -3.64. The molecule has 234 valence electrons. The van der Waals surface area contributed by atoms with Gasteiger partial charge >= 0.3 is 0 Å². The van der Waals surface area contributed by atoms with E-state index in [0.717, 1.165) is 53.9 Å². The predicted molar refractivity (Wildman–Crippen MR) is 176 cm³/mol. The molecule has 5 heterocycles. The van der Waals surface area contributed by atoms with E-state index < -0.39 is 5.41 Å². The van der Waals surface area contributed by atoms with Gasteiger partial charge in [0.15, 0.2) is 5.84 Å². The monoisotopic (exact) mass is 617 g/mol. The van der Waals surface area contributed by atoms with Crippen molar-refractivity contribution in [2.24, 2.45) is 0 Å². The van der Waals surface area contributed by atoms with E-state index in [1.165, 1.54) is 43.1 Å². The molecular formula is C32H43N9O2S. The topological polar surface area (TPSA) is 148 Å². The molecule has 0 bridgehead atoms. The number of likely N-dealkylation sites (tertiary alicyclic amines) is 1. The number of carbonyl (C=O) groups is 2. The van der Waals surface area contributed by atoms with E-state index in [4.69, 9.17) is 21.9 Å². The fourth-order valence-electron chi connectivity index (χ4n) is 8.04. The SMILES string of the molecule is C=CC(=O)N1CCN(c2cc(C(=N)NC(=O)C3(C)CCCc4sc(N)c(N)c43)nc(N3C[C@@H]4C3CN4C3CCCC3)c2)CC1. The second kappa shape index (κ2) is 11.1. The Morgan fingerprint density at radius 1 is 1.11 bits per heavy atom. The number of nitrogen functional groups attached to an aromatic ring is 2. The van der Waals surface area contributed by atoms with Gasteiger partial charge in [-0.3, -0.25) is 19.9 Å². The summed E-state index contributed by atoms with van der Waals surface area (Å²) >= 11 is 1.46. The zero-order valence-corrected chi connectivity index (χ0v) is 26.3. The Labute approximate surface area is 262 Å². The van der Waals surface area contributed by atoms with Crippen molar-refractivity contribution in [1.29, 1.82) is 5.41 Å². The van der Waals surface area contributed by atoms with Gasteiger partial charge in [0.2, 0.25) is 11.8 Å². The molecule has 3 saturated heterocycles. The van der Waals surface area contributed by atoms with Crippen LogP contribution < -0.4 is 26.6 Å². The van der Waals surface area contributed by atoms with Gasteiger partial charge in [-0.25, -0.2) is 4.98 Å². The number of nitrogens with zero attached hydrogens (tertiary/aromatic N) is 5. The first-order chi connectivity index (χ1) is 21.2. The molecule has 12 heteroatoms. The van der Waals surface area contributed by atoms with Crippen LogP contribution in [-0.2, 0) is 21.4 Å². The maximum Gasteiger partial charge on any atom is 0.246 e. The lowest BCUT2D eigenvalue weighted by molar-refractivity contribution is -0.126. The molecule has 5 aliphatic rings. The number of aromatic nitrogens is 1. The quantitative estimate of drug-likeness (QED) is 0.220. The number of piperazine rings is 2. The van der Waals surface area contributed by atoms with Gasteiger partial charge in [-0.05, 0) is 51.2 Å². The van der Waals surface area contributed by atoms with Crippen molar-refractivity contribution in [1.82, 2.24) is 20.1 Å². The van der Waals surface area contributed by atoms with Crippen LogP contribution in [0.1, 0.15) is 61.6 Å². The van der Waals surface area contributed by atoms with Gasteiger partial charge in [-0.2, -0.15) is 0 Å². The number of nitrogens with two attached hydrogens (primary N) is 2. The highest BCUT2D eigenvalue weighted by molar-refractivity contribution is 7.16. The summed E-state index contributed by atoms with van der Waals surface area (Å²) in [6.07, 6.45) is 9.01. The van der Waals surface area contributed by atoms with Crippen molar-refractivity contribution in [3.63, 3.8) is 0 Å². The van der Waals surface area contributed by atoms with E-state index >= 15 is 0 Å². The minimum atomic E-state index is -0.868. The summed E-state index contributed by atoms with van der Waals surface area (Å²) in [6, 6.07) is 5.74. The van der Waals surface area contributed by atoms with E-state index in [9.17, 15) is 9.59 Å². The van der Waals surface area contributed by atoms with Crippen LogP contribution >= 0.6 is 11.3 Å². The highest BCUT2D eigenvalue weighted by atomic mass is 32.1. The molecule has 7 rings (SSSR count). The van der Waals surface area contributed by atoms with Gasteiger partial charge in [-0.15, -0.1) is 11.3 Å². The maximum atomic E-state index is 13.9.